The first kappa shape index (κ1) is 89.4. The maximum Gasteiger partial charge on any atom is 0.483 e. The zero-order valence-electron chi connectivity index (χ0n) is 61.5. The monoisotopic (exact) mass is 1460 g/mol. The third-order valence-electron chi connectivity index (χ3n) is 18.4. The van der Waals surface area contributed by atoms with Gasteiger partial charge in [0, 0.05) is 6.42 Å². The Bertz CT molecular complexity index is 2880. The van der Waals surface area contributed by atoms with Crippen molar-refractivity contribution in [3.05, 3.63) is 116 Å². The molecule has 26 heteroatoms. The van der Waals surface area contributed by atoms with Crippen molar-refractivity contribution in [2.24, 2.45) is 0 Å². The van der Waals surface area contributed by atoms with Gasteiger partial charge in [-0.1, -0.05) is 116 Å². The minimum absolute atomic E-state index is 0.157. The minimum atomic E-state index is -5.71. The topological polar surface area (TPSA) is 369 Å². The van der Waals surface area contributed by atoms with Gasteiger partial charge >= 0.3 is 15.6 Å². The molecule has 4 fully saturated rings. The summed E-state index contributed by atoms with van der Waals surface area (Å²) in [7, 11) is -11.1. The summed E-state index contributed by atoms with van der Waals surface area (Å²) >= 11 is 0. The summed E-state index contributed by atoms with van der Waals surface area (Å²) in [6.45, 7) is 24.3. The zero-order valence-corrected chi connectivity index (χ0v) is 63.2. The van der Waals surface area contributed by atoms with Gasteiger partial charge in [0.1, 0.15) is 73.2 Å². The van der Waals surface area contributed by atoms with E-state index >= 15 is 0 Å². The average Bonchev–Trinajstić information content (AvgIpc) is 0.781. The smallest absolute Gasteiger partial charge is 0.394 e. The highest BCUT2D eigenvalue weighted by molar-refractivity contribution is 7.61. The molecule has 12 N–H and O–H groups in total. The minimum Gasteiger partial charge on any atom is -0.394 e. The van der Waals surface area contributed by atoms with E-state index in [0.29, 0.717) is 12.8 Å². The molecule has 0 saturated carbocycles. The molecule has 0 amide bonds. The van der Waals surface area contributed by atoms with Crippen LogP contribution in [0.3, 0.4) is 0 Å². The van der Waals surface area contributed by atoms with Gasteiger partial charge in [-0.3, -0.25) is 9.05 Å². The zero-order chi connectivity index (χ0) is 74.4. The normalized spacial score (nSPS) is 32.6. The van der Waals surface area contributed by atoms with Crippen LogP contribution in [0.2, 0.25) is 0 Å². The van der Waals surface area contributed by atoms with Gasteiger partial charge in [0.25, 0.3) is 0 Å². The molecule has 0 aromatic rings. The fourth-order valence-electron chi connectivity index (χ4n) is 11.9. The van der Waals surface area contributed by atoms with E-state index in [1.54, 1.807) is 6.92 Å². The van der Waals surface area contributed by atoms with Gasteiger partial charge in [-0.05, 0) is 206 Å². The summed E-state index contributed by atoms with van der Waals surface area (Å²) in [5.41, 5.74) is 13.5. The second-order valence-electron chi connectivity index (χ2n) is 28.0. The Morgan fingerprint density at radius 2 is 0.690 bits per heavy atom. The molecule has 4 aliphatic heterocycles. The number of aliphatic hydroxyl groups is 10. The lowest BCUT2D eigenvalue weighted by Gasteiger charge is -2.48. The second kappa shape index (κ2) is 45.5. The van der Waals surface area contributed by atoms with Crippen molar-refractivity contribution >= 4 is 15.6 Å². The molecule has 0 bridgehead atoms. The number of rotatable bonds is 42. The Morgan fingerprint density at radius 1 is 0.370 bits per heavy atom. The Kier molecular flexibility index (Phi) is 40.6. The summed E-state index contributed by atoms with van der Waals surface area (Å²) in [4.78, 5) is 21.0. The van der Waals surface area contributed by atoms with E-state index in [-0.39, 0.29) is 6.42 Å². The van der Waals surface area contributed by atoms with E-state index in [1.165, 1.54) is 70.1 Å². The fourth-order valence-corrected chi connectivity index (χ4v) is 14.0. The molecule has 0 aliphatic carbocycles. The molecule has 574 valence electrons. The molecular formula is C74H124O24P2. The van der Waals surface area contributed by atoms with Crippen LogP contribution >= 0.6 is 15.6 Å². The lowest BCUT2D eigenvalue weighted by Crippen LogP contribution is -2.66. The highest BCUT2D eigenvalue weighted by Gasteiger charge is 2.55. The van der Waals surface area contributed by atoms with E-state index < -0.39 is 152 Å². The number of allylic oxidation sites excluding steroid dienone is 19. The second-order valence-corrected chi connectivity index (χ2v) is 31.0. The standard InChI is InChI=1S/C74H124O24P2/c1-46(2)23-14-24-47(3)25-15-26-48(4)27-16-28-49(5)29-17-30-50(6)31-18-32-51(7)33-19-34-52(8)35-20-36-53(9)37-21-38-54(10)39-22-40-55(11)41-42-89-99(85,86)98-100(87,88)97-74-67(84)70(63(80)61(45-76)93-74)96-72-65(82)64(81)68(57(13)91-72)94-73-66(83)69(62(79)60(44-75)92-73)95-71-59(78)43-58(77)56(12)90-71/h23,25,27,29,31,33,35,37,39,41,56-84H,14-22,24,26,28,30,32,34,36,38,40,42-45H2,1-13H3,(H,85,86)(H,87,88)/b47-25+,48-27-,49-29-,50-31-,51-33-,52-35-,53-37-,54-39-,55-41-/t56-,57+,58-,59-,60-,61-,62-,63+,64+,65-,66+,67-,68+,69+,70+,71-,72+,73-,74+/m1/s1. The summed E-state index contributed by atoms with van der Waals surface area (Å²) < 4.78 is 79.7. The van der Waals surface area contributed by atoms with Crippen molar-refractivity contribution in [2.45, 2.75) is 329 Å². The molecule has 4 heterocycles. The van der Waals surface area contributed by atoms with Gasteiger partial charge in [-0.2, -0.15) is 4.31 Å². The van der Waals surface area contributed by atoms with Crippen LogP contribution < -0.4 is 0 Å². The highest BCUT2D eigenvalue weighted by Crippen LogP contribution is 2.61. The van der Waals surface area contributed by atoms with Gasteiger partial charge < -0.3 is 94.0 Å². The first-order chi connectivity index (χ1) is 47.1. The molecule has 2 unspecified atom stereocenters. The summed E-state index contributed by atoms with van der Waals surface area (Å²) in [6, 6.07) is 0. The van der Waals surface area contributed by atoms with Crippen LogP contribution in [0.1, 0.15) is 212 Å². The van der Waals surface area contributed by atoms with Crippen molar-refractivity contribution in [1.29, 1.82) is 0 Å². The molecule has 0 aromatic carbocycles. The number of hydrogen-bond donors (Lipinski definition) is 12. The largest absolute Gasteiger partial charge is 0.483 e. The number of phosphoric acid groups is 2. The van der Waals surface area contributed by atoms with Crippen LogP contribution in [-0.4, -0.2) is 197 Å². The maximum absolute atomic E-state index is 13.2. The molecular weight excluding hydrogens is 1330 g/mol. The molecule has 21 atom stereocenters. The molecule has 4 rings (SSSR count). The molecule has 24 nitrogen and oxygen atoms in total. The Morgan fingerprint density at radius 3 is 1.07 bits per heavy atom. The molecule has 0 radical (unpaired) electrons. The summed E-state index contributed by atoms with van der Waals surface area (Å²) in [5.74, 6) is 0. The highest BCUT2D eigenvalue weighted by atomic mass is 31.3. The summed E-state index contributed by atoms with van der Waals surface area (Å²) in [6.07, 6.45) is 8.47. The molecule has 100 heavy (non-hydrogen) atoms. The molecule has 0 spiro atoms. The number of phosphoric ester groups is 2. The van der Waals surface area contributed by atoms with E-state index in [0.717, 1.165) is 108 Å². The number of aliphatic hydroxyl groups excluding tert-OH is 10. The van der Waals surface area contributed by atoms with Crippen molar-refractivity contribution < 1.29 is 116 Å². The van der Waals surface area contributed by atoms with Gasteiger partial charge in [-0.15, -0.1) is 0 Å². The van der Waals surface area contributed by atoms with Crippen molar-refractivity contribution in [3.63, 3.8) is 0 Å². The Labute approximate surface area is 594 Å². The Hall–Kier alpha value is -3.02. The lowest BCUT2D eigenvalue weighted by molar-refractivity contribution is -0.382. The summed E-state index contributed by atoms with van der Waals surface area (Å²) in [5, 5.41) is 108. The van der Waals surface area contributed by atoms with Gasteiger partial charge in [0.15, 0.2) is 25.2 Å². The van der Waals surface area contributed by atoms with E-state index in [1.807, 2.05) is 0 Å². The number of hydrogen-bond acceptors (Lipinski definition) is 22. The maximum atomic E-state index is 13.2. The average molecular weight is 1460 g/mol. The van der Waals surface area contributed by atoms with Crippen molar-refractivity contribution in [1.82, 2.24) is 0 Å². The molecule has 4 aliphatic rings. The quantitative estimate of drug-likeness (QED) is 0.0199. The van der Waals surface area contributed by atoms with Crippen LogP contribution in [0.5, 0.6) is 0 Å². The fraction of sp³-hybridized carbons (Fsp3) is 0.730. The van der Waals surface area contributed by atoms with Crippen LogP contribution in [0, 0.1) is 0 Å². The van der Waals surface area contributed by atoms with Crippen LogP contribution in [0.15, 0.2) is 116 Å². The van der Waals surface area contributed by atoms with Crippen LogP contribution in [0.4, 0.5) is 0 Å². The van der Waals surface area contributed by atoms with E-state index in [2.05, 4.69) is 128 Å². The van der Waals surface area contributed by atoms with Gasteiger partial charge in [0.2, 0.25) is 0 Å². The predicted molar refractivity (Wildman–Crippen MR) is 382 cm³/mol. The first-order valence-corrected chi connectivity index (χ1v) is 38.6. The van der Waals surface area contributed by atoms with E-state index in [4.69, 9.17) is 42.2 Å². The van der Waals surface area contributed by atoms with Gasteiger partial charge in [0.05, 0.1) is 38.1 Å². The molecule has 0 aromatic heterocycles. The third kappa shape index (κ3) is 32.4. The number of ether oxygens (including phenoxy) is 7. The third-order valence-corrected chi connectivity index (χ3v) is 21.0. The predicted octanol–water partition coefficient (Wildman–Crippen LogP) is 11.1. The van der Waals surface area contributed by atoms with Crippen molar-refractivity contribution in [2.75, 3.05) is 19.8 Å². The van der Waals surface area contributed by atoms with Crippen LogP contribution in [-0.2, 0) is 55.6 Å². The first-order valence-electron chi connectivity index (χ1n) is 35.6. The lowest BCUT2D eigenvalue weighted by atomic mass is 9.96. The van der Waals surface area contributed by atoms with Crippen molar-refractivity contribution in [3.8, 4) is 0 Å². The van der Waals surface area contributed by atoms with E-state index in [9.17, 15) is 70.0 Å². The van der Waals surface area contributed by atoms with Crippen LogP contribution in [0.25, 0.3) is 0 Å². The molecule has 4 saturated heterocycles. The Balaban J connectivity index is 1.13. The van der Waals surface area contributed by atoms with Gasteiger partial charge in [-0.25, -0.2) is 9.13 Å². The SMILES string of the molecule is CC(C)=CCC/C(C)=C/CC/C(C)=C\CC/C(C)=C\CC/C(C)=C\CC/C(C)=C\CC/C(C)=C\CC/C(C)=C\CC/C(C)=C\CC/C(C)=C\COP(=O)(O)OP(=O)(O)O[C@@H]1O[C@H](CO)[C@H](O)[C@H](O[C@@H]2O[C@@H](C)[C@H](O[C@H]3O[C@H](CO)[C@@H](O)[C@H](O[C@H]4O[C@H](C)[C@H](O)C[C@H]4O)[C@@H]3O)[C@@H](O)[C@H]2O)[C@H]1O.